The van der Waals surface area contributed by atoms with Gasteiger partial charge in [0.05, 0.1) is 12.7 Å². The van der Waals surface area contributed by atoms with Crippen molar-refractivity contribution in [2.24, 2.45) is 0 Å². The predicted octanol–water partition coefficient (Wildman–Crippen LogP) is 2.92. The Morgan fingerprint density at radius 2 is 1.96 bits per heavy atom. The molecule has 3 aromatic rings. The SMILES string of the molecule is COc1ccc(CCNC(=O)c2ccc3cccnc3c2O)cc1. The smallest absolute Gasteiger partial charge is 0.255 e. The van der Waals surface area contributed by atoms with Crippen LogP contribution in [0.3, 0.4) is 0 Å². The number of benzene rings is 2. The van der Waals surface area contributed by atoms with Gasteiger partial charge in [-0.25, -0.2) is 0 Å². The number of rotatable bonds is 5. The lowest BCUT2D eigenvalue weighted by Gasteiger charge is -2.09. The van der Waals surface area contributed by atoms with Gasteiger partial charge in [-0.15, -0.1) is 0 Å². The van der Waals surface area contributed by atoms with Crippen LogP contribution in [0.5, 0.6) is 11.5 Å². The van der Waals surface area contributed by atoms with Crippen molar-refractivity contribution in [3.05, 3.63) is 65.9 Å². The summed E-state index contributed by atoms with van der Waals surface area (Å²) in [6, 6.07) is 14.7. The number of carbonyl (C=O) groups is 1. The molecule has 0 saturated carbocycles. The van der Waals surface area contributed by atoms with Gasteiger partial charge < -0.3 is 15.2 Å². The fourth-order valence-corrected chi connectivity index (χ4v) is 2.52. The van der Waals surface area contributed by atoms with E-state index in [0.717, 1.165) is 16.7 Å². The van der Waals surface area contributed by atoms with Crippen molar-refractivity contribution < 1.29 is 14.6 Å². The Kier molecular flexibility index (Phi) is 4.61. The number of phenolic OH excluding ortho intramolecular Hbond substituents is 1. The van der Waals surface area contributed by atoms with Gasteiger partial charge in [-0.2, -0.15) is 0 Å². The first-order valence-corrected chi connectivity index (χ1v) is 7.67. The average molecular weight is 322 g/mol. The summed E-state index contributed by atoms with van der Waals surface area (Å²) in [6.07, 6.45) is 2.29. The zero-order valence-electron chi connectivity index (χ0n) is 13.3. The normalized spacial score (nSPS) is 10.5. The van der Waals surface area contributed by atoms with E-state index in [1.807, 2.05) is 30.3 Å². The highest BCUT2D eigenvalue weighted by molar-refractivity contribution is 6.02. The molecule has 1 aromatic heterocycles. The van der Waals surface area contributed by atoms with E-state index in [0.29, 0.717) is 18.5 Å². The van der Waals surface area contributed by atoms with E-state index in [1.54, 1.807) is 31.5 Å². The maximum atomic E-state index is 12.3. The number of hydrogen-bond acceptors (Lipinski definition) is 4. The Morgan fingerprint density at radius 1 is 1.17 bits per heavy atom. The number of aromatic hydroxyl groups is 1. The highest BCUT2D eigenvalue weighted by Crippen LogP contribution is 2.26. The second kappa shape index (κ2) is 7.00. The molecule has 1 heterocycles. The maximum absolute atomic E-state index is 12.3. The zero-order valence-corrected chi connectivity index (χ0v) is 13.3. The van der Waals surface area contributed by atoms with E-state index >= 15 is 0 Å². The van der Waals surface area contributed by atoms with Crippen LogP contribution >= 0.6 is 0 Å². The van der Waals surface area contributed by atoms with Crippen LogP contribution in [0.1, 0.15) is 15.9 Å². The molecule has 2 aromatic carbocycles. The molecule has 5 heteroatoms. The summed E-state index contributed by atoms with van der Waals surface area (Å²) in [7, 11) is 1.63. The second-order valence-corrected chi connectivity index (χ2v) is 5.39. The number of ether oxygens (including phenoxy) is 1. The van der Waals surface area contributed by atoms with E-state index in [1.165, 1.54) is 0 Å². The lowest BCUT2D eigenvalue weighted by atomic mass is 10.1. The van der Waals surface area contributed by atoms with Crippen LogP contribution in [-0.2, 0) is 6.42 Å². The van der Waals surface area contributed by atoms with Crippen molar-refractivity contribution in [3.8, 4) is 11.5 Å². The first kappa shape index (κ1) is 15.8. The highest BCUT2D eigenvalue weighted by atomic mass is 16.5. The average Bonchev–Trinajstić information content (AvgIpc) is 2.62. The van der Waals surface area contributed by atoms with E-state index in [2.05, 4.69) is 10.3 Å². The lowest BCUT2D eigenvalue weighted by molar-refractivity contribution is 0.0951. The van der Waals surface area contributed by atoms with Gasteiger partial charge in [0, 0.05) is 18.1 Å². The van der Waals surface area contributed by atoms with E-state index in [-0.39, 0.29) is 17.2 Å². The molecule has 0 aliphatic carbocycles. The number of phenols is 1. The number of nitrogens with zero attached hydrogens (tertiary/aromatic N) is 1. The van der Waals surface area contributed by atoms with Crippen LogP contribution in [0, 0.1) is 0 Å². The molecule has 0 aliphatic heterocycles. The molecule has 1 amide bonds. The molecule has 122 valence electrons. The summed E-state index contributed by atoms with van der Waals surface area (Å²) in [4.78, 5) is 16.4. The number of methoxy groups -OCH3 is 1. The fourth-order valence-electron chi connectivity index (χ4n) is 2.52. The van der Waals surface area contributed by atoms with Gasteiger partial charge >= 0.3 is 0 Å². The Hall–Kier alpha value is -3.08. The third-order valence-electron chi connectivity index (χ3n) is 3.85. The van der Waals surface area contributed by atoms with Crippen molar-refractivity contribution in [3.63, 3.8) is 0 Å². The molecular weight excluding hydrogens is 304 g/mol. The summed E-state index contributed by atoms with van der Waals surface area (Å²) in [6.45, 7) is 0.477. The molecule has 0 spiro atoms. The largest absolute Gasteiger partial charge is 0.505 e. The number of aromatic nitrogens is 1. The summed E-state index contributed by atoms with van der Waals surface area (Å²) in [5.74, 6) is 0.403. The van der Waals surface area contributed by atoms with Gasteiger partial charge in [0.2, 0.25) is 0 Å². The number of hydrogen-bond donors (Lipinski definition) is 2. The third kappa shape index (κ3) is 3.30. The quantitative estimate of drug-likeness (QED) is 0.757. The van der Waals surface area contributed by atoms with Crippen LogP contribution in [0.15, 0.2) is 54.7 Å². The highest BCUT2D eigenvalue weighted by Gasteiger charge is 2.14. The summed E-state index contributed by atoms with van der Waals surface area (Å²) >= 11 is 0. The first-order valence-electron chi connectivity index (χ1n) is 7.67. The molecular formula is C19H18N2O3. The molecule has 0 atom stereocenters. The minimum Gasteiger partial charge on any atom is -0.505 e. The van der Waals surface area contributed by atoms with Crippen molar-refractivity contribution in [1.82, 2.24) is 10.3 Å². The van der Waals surface area contributed by atoms with Gasteiger partial charge in [-0.05, 0) is 36.2 Å². The molecule has 0 unspecified atom stereocenters. The van der Waals surface area contributed by atoms with Crippen molar-refractivity contribution in [2.45, 2.75) is 6.42 Å². The van der Waals surface area contributed by atoms with Crippen LogP contribution < -0.4 is 10.1 Å². The number of amides is 1. The lowest BCUT2D eigenvalue weighted by Crippen LogP contribution is -2.25. The second-order valence-electron chi connectivity index (χ2n) is 5.39. The molecule has 0 bridgehead atoms. The molecule has 24 heavy (non-hydrogen) atoms. The van der Waals surface area contributed by atoms with Crippen molar-refractivity contribution >= 4 is 16.8 Å². The predicted molar refractivity (Wildman–Crippen MR) is 92.4 cm³/mol. The van der Waals surface area contributed by atoms with Crippen molar-refractivity contribution in [2.75, 3.05) is 13.7 Å². The summed E-state index contributed by atoms with van der Waals surface area (Å²) in [5.41, 5.74) is 1.76. The summed E-state index contributed by atoms with van der Waals surface area (Å²) < 4.78 is 5.11. The van der Waals surface area contributed by atoms with Crippen LogP contribution in [0.25, 0.3) is 10.9 Å². The Bertz CT molecular complexity index is 860. The number of pyridine rings is 1. The van der Waals surface area contributed by atoms with Crippen molar-refractivity contribution in [1.29, 1.82) is 0 Å². The van der Waals surface area contributed by atoms with Gasteiger partial charge in [0.25, 0.3) is 5.91 Å². The van der Waals surface area contributed by atoms with Gasteiger partial charge in [0.1, 0.15) is 11.3 Å². The molecule has 0 fully saturated rings. The van der Waals surface area contributed by atoms with Gasteiger partial charge in [-0.3, -0.25) is 9.78 Å². The molecule has 5 nitrogen and oxygen atoms in total. The van der Waals surface area contributed by atoms with E-state index < -0.39 is 0 Å². The van der Waals surface area contributed by atoms with Gasteiger partial charge in [-0.1, -0.05) is 24.3 Å². The molecule has 3 rings (SSSR count). The van der Waals surface area contributed by atoms with Gasteiger partial charge in [0.15, 0.2) is 5.75 Å². The molecule has 0 radical (unpaired) electrons. The Labute approximate surface area is 139 Å². The molecule has 0 aliphatic rings. The summed E-state index contributed by atoms with van der Waals surface area (Å²) in [5, 5.41) is 13.9. The Morgan fingerprint density at radius 3 is 2.71 bits per heavy atom. The zero-order chi connectivity index (χ0) is 16.9. The standard InChI is InChI=1S/C19H18N2O3/c1-24-15-7-4-13(5-8-15)10-12-21-19(23)16-9-6-14-3-2-11-20-17(14)18(16)22/h2-9,11,22H,10,12H2,1H3,(H,21,23). The topological polar surface area (TPSA) is 71.5 Å². The van der Waals surface area contributed by atoms with E-state index in [9.17, 15) is 9.90 Å². The Balaban J connectivity index is 1.65. The monoisotopic (exact) mass is 322 g/mol. The number of nitrogens with one attached hydrogen (secondary N) is 1. The van der Waals surface area contributed by atoms with Crippen LogP contribution in [0.2, 0.25) is 0 Å². The first-order chi connectivity index (χ1) is 11.7. The third-order valence-corrected chi connectivity index (χ3v) is 3.85. The number of carbonyl (C=O) groups excluding carboxylic acids is 1. The maximum Gasteiger partial charge on any atom is 0.255 e. The number of fused-ring (bicyclic) bond motifs is 1. The molecule has 2 N–H and O–H groups in total. The minimum absolute atomic E-state index is 0.0879. The molecule has 0 saturated heterocycles. The van der Waals surface area contributed by atoms with E-state index in [4.69, 9.17) is 4.74 Å². The van der Waals surface area contributed by atoms with Crippen LogP contribution in [-0.4, -0.2) is 29.7 Å². The van der Waals surface area contributed by atoms with Crippen LogP contribution in [0.4, 0.5) is 0 Å². The fraction of sp³-hybridized carbons (Fsp3) is 0.158. The minimum atomic E-state index is -0.312.